The van der Waals surface area contributed by atoms with Gasteiger partial charge in [-0.2, -0.15) is 8.42 Å². The summed E-state index contributed by atoms with van der Waals surface area (Å²) in [5, 5.41) is 10.7. The highest BCUT2D eigenvalue weighted by atomic mass is 35.5. The second kappa shape index (κ2) is 5.87. The van der Waals surface area contributed by atoms with E-state index in [0.29, 0.717) is 0 Å². The van der Waals surface area contributed by atoms with E-state index in [4.69, 9.17) is 16.3 Å². The number of ether oxygens (including phenoxy) is 1. The number of benzene rings is 1. The summed E-state index contributed by atoms with van der Waals surface area (Å²) in [7, 11) is -3.38. The normalized spacial score (nSPS) is 11.2. The predicted octanol–water partition coefficient (Wildman–Crippen LogP) is 2.57. The molecule has 0 radical (unpaired) electrons. The monoisotopic (exact) mass is 344 g/mol. The molecule has 116 valence electrons. The summed E-state index contributed by atoms with van der Waals surface area (Å²) in [6.45, 7) is 0. The number of hydrogen-bond acceptors (Lipinski definition) is 6. The Morgan fingerprint density at radius 1 is 1.32 bits per heavy atom. The van der Waals surface area contributed by atoms with Crippen LogP contribution in [0, 0.1) is 10.1 Å². The molecule has 8 nitrogen and oxygen atoms in total. The van der Waals surface area contributed by atoms with Gasteiger partial charge in [0.1, 0.15) is 10.6 Å². The second-order valence-corrected chi connectivity index (χ2v) is 5.81. The number of methoxy groups -OCH3 is 1. The SMILES string of the molecule is COc1ccc(-c2ccnc(Cl)c2S(=O)(=O)O)c([N+](=O)[O-])c1. The summed E-state index contributed by atoms with van der Waals surface area (Å²) in [6, 6.07) is 5.07. The minimum Gasteiger partial charge on any atom is -0.497 e. The number of rotatable bonds is 4. The van der Waals surface area contributed by atoms with E-state index in [-0.39, 0.29) is 16.9 Å². The van der Waals surface area contributed by atoms with Gasteiger partial charge in [-0.05, 0) is 18.2 Å². The number of nitro groups is 1. The molecule has 0 aliphatic carbocycles. The van der Waals surface area contributed by atoms with E-state index in [1.54, 1.807) is 0 Å². The highest BCUT2D eigenvalue weighted by molar-refractivity contribution is 7.86. The van der Waals surface area contributed by atoms with Crippen molar-refractivity contribution in [3.8, 4) is 16.9 Å². The van der Waals surface area contributed by atoms with Crippen LogP contribution in [0.1, 0.15) is 0 Å². The average molecular weight is 345 g/mol. The van der Waals surface area contributed by atoms with E-state index in [0.717, 1.165) is 6.07 Å². The summed E-state index contributed by atoms with van der Waals surface area (Å²) in [4.78, 5) is 13.4. The van der Waals surface area contributed by atoms with Crippen LogP contribution in [0.3, 0.4) is 0 Å². The van der Waals surface area contributed by atoms with Crippen LogP contribution in [0.4, 0.5) is 5.69 Å². The first-order chi connectivity index (χ1) is 10.3. The Morgan fingerprint density at radius 3 is 2.55 bits per heavy atom. The Morgan fingerprint density at radius 2 is 2.00 bits per heavy atom. The van der Waals surface area contributed by atoms with Crippen LogP contribution >= 0.6 is 11.6 Å². The van der Waals surface area contributed by atoms with Crippen LogP contribution in [-0.2, 0) is 10.1 Å². The molecule has 22 heavy (non-hydrogen) atoms. The molecule has 0 amide bonds. The Balaban J connectivity index is 2.84. The highest BCUT2D eigenvalue weighted by Crippen LogP contribution is 2.38. The van der Waals surface area contributed by atoms with Gasteiger partial charge in [-0.1, -0.05) is 11.6 Å². The average Bonchev–Trinajstić information content (AvgIpc) is 2.44. The third-order valence-corrected chi connectivity index (χ3v) is 4.14. The Hall–Kier alpha value is -2.23. The molecular weight excluding hydrogens is 336 g/mol. The van der Waals surface area contributed by atoms with Crippen molar-refractivity contribution in [2.24, 2.45) is 0 Å². The lowest BCUT2D eigenvalue weighted by atomic mass is 10.0. The summed E-state index contributed by atoms with van der Waals surface area (Å²) >= 11 is 5.71. The summed E-state index contributed by atoms with van der Waals surface area (Å²) in [6.07, 6.45) is 1.18. The maximum Gasteiger partial charge on any atom is 0.298 e. The minimum absolute atomic E-state index is 0.0391. The Labute approximate surface area is 130 Å². The summed E-state index contributed by atoms with van der Waals surface area (Å²) in [5.41, 5.74) is -0.564. The molecule has 1 heterocycles. The van der Waals surface area contributed by atoms with Gasteiger partial charge in [0, 0.05) is 11.8 Å². The fraction of sp³-hybridized carbons (Fsp3) is 0.0833. The number of nitrogens with zero attached hydrogens (tertiary/aromatic N) is 2. The third-order valence-electron chi connectivity index (χ3n) is 2.81. The maximum atomic E-state index is 11.5. The van der Waals surface area contributed by atoms with Crippen molar-refractivity contribution in [3.63, 3.8) is 0 Å². The van der Waals surface area contributed by atoms with Crippen LogP contribution in [0.2, 0.25) is 5.15 Å². The van der Waals surface area contributed by atoms with Gasteiger partial charge in [-0.3, -0.25) is 14.7 Å². The van der Waals surface area contributed by atoms with Crippen molar-refractivity contribution in [3.05, 3.63) is 45.7 Å². The van der Waals surface area contributed by atoms with E-state index in [1.165, 1.54) is 31.5 Å². The smallest absolute Gasteiger partial charge is 0.298 e. The molecule has 2 aromatic rings. The molecular formula is C12H9ClN2O6S. The third kappa shape index (κ3) is 3.01. The zero-order chi connectivity index (χ0) is 16.5. The topological polar surface area (TPSA) is 120 Å². The number of pyridine rings is 1. The Bertz CT molecular complexity index is 853. The molecule has 1 N–H and O–H groups in total. The zero-order valence-electron chi connectivity index (χ0n) is 11.1. The molecule has 1 aromatic carbocycles. The lowest BCUT2D eigenvalue weighted by Gasteiger charge is -2.10. The first-order valence-electron chi connectivity index (χ1n) is 5.70. The molecule has 1 aromatic heterocycles. The molecule has 0 unspecified atom stereocenters. The molecule has 0 atom stereocenters. The molecule has 0 saturated carbocycles. The van der Waals surface area contributed by atoms with Crippen molar-refractivity contribution in [2.45, 2.75) is 4.90 Å². The van der Waals surface area contributed by atoms with Crippen LogP contribution in [0.15, 0.2) is 35.4 Å². The van der Waals surface area contributed by atoms with E-state index in [1.807, 2.05) is 0 Å². The van der Waals surface area contributed by atoms with E-state index in [2.05, 4.69) is 4.98 Å². The number of aromatic nitrogens is 1. The largest absolute Gasteiger partial charge is 0.497 e. The van der Waals surface area contributed by atoms with Crippen molar-refractivity contribution < 1.29 is 22.6 Å². The molecule has 10 heteroatoms. The fourth-order valence-electron chi connectivity index (χ4n) is 1.90. The summed E-state index contributed by atoms with van der Waals surface area (Å²) in [5.74, 6) is 0.226. The summed E-state index contributed by atoms with van der Waals surface area (Å²) < 4.78 is 37.2. The van der Waals surface area contributed by atoms with Crippen LogP contribution < -0.4 is 4.74 Å². The van der Waals surface area contributed by atoms with E-state index in [9.17, 15) is 23.1 Å². The van der Waals surface area contributed by atoms with Crippen molar-refractivity contribution in [2.75, 3.05) is 7.11 Å². The lowest BCUT2D eigenvalue weighted by molar-refractivity contribution is -0.384. The first kappa shape index (κ1) is 16.1. The van der Waals surface area contributed by atoms with Crippen LogP contribution in [-0.4, -0.2) is 30.0 Å². The molecule has 0 bridgehead atoms. The van der Waals surface area contributed by atoms with Gasteiger partial charge >= 0.3 is 0 Å². The van der Waals surface area contributed by atoms with Gasteiger partial charge in [0.25, 0.3) is 15.8 Å². The number of hydrogen-bond donors (Lipinski definition) is 1. The lowest BCUT2D eigenvalue weighted by Crippen LogP contribution is -2.04. The van der Waals surface area contributed by atoms with Crippen molar-refractivity contribution >= 4 is 27.4 Å². The van der Waals surface area contributed by atoms with Crippen LogP contribution in [0.5, 0.6) is 5.75 Å². The van der Waals surface area contributed by atoms with E-state index < -0.39 is 30.8 Å². The van der Waals surface area contributed by atoms with Gasteiger partial charge in [0.15, 0.2) is 5.15 Å². The van der Waals surface area contributed by atoms with Gasteiger partial charge in [0.05, 0.1) is 23.7 Å². The van der Waals surface area contributed by atoms with Crippen molar-refractivity contribution in [1.82, 2.24) is 4.98 Å². The molecule has 0 fully saturated rings. The standard InChI is InChI=1S/C12H9ClN2O6S/c1-21-7-2-3-8(10(6-7)15(16)17)9-4-5-14-12(13)11(9)22(18,19)20/h2-6H,1H3,(H,18,19,20). The van der Waals surface area contributed by atoms with Gasteiger partial charge < -0.3 is 4.74 Å². The molecule has 0 saturated heterocycles. The first-order valence-corrected chi connectivity index (χ1v) is 7.52. The quantitative estimate of drug-likeness (QED) is 0.391. The molecule has 0 aliphatic heterocycles. The Kier molecular flexibility index (Phi) is 4.31. The maximum absolute atomic E-state index is 11.5. The van der Waals surface area contributed by atoms with Gasteiger partial charge in [-0.25, -0.2) is 4.98 Å². The zero-order valence-corrected chi connectivity index (χ0v) is 12.6. The molecule has 0 spiro atoms. The van der Waals surface area contributed by atoms with E-state index >= 15 is 0 Å². The molecule has 2 rings (SSSR count). The fourth-order valence-corrected chi connectivity index (χ4v) is 3.07. The predicted molar refractivity (Wildman–Crippen MR) is 77.7 cm³/mol. The highest BCUT2D eigenvalue weighted by Gasteiger charge is 2.26. The van der Waals surface area contributed by atoms with Crippen LogP contribution in [0.25, 0.3) is 11.1 Å². The molecule has 0 aliphatic rings. The second-order valence-electron chi connectivity index (χ2n) is 4.09. The van der Waals surface area contributed by atoms with Gasteiger partial charge in [-0.15, -0.1) is 0 Å². The van der Waals surface area contributed by atoms with Gasteiger partial charge in [0.2, 0.25) is 0 Å². The van der Waals surface area contributed by atoms with Crippen molar-refractivity contribution in [1.29, 1.82) is 0 Å². The number of nitro benzene ring substituents is 1. The minimum atomic E-state index is -4.72. The number of halogens is 1.